The lowest BCUT2D eigenvalue weighted by Crippen LogP contribution is -2.31. The van der Waals surface area contributed by atoms with Crippen molar-refractivity contribution in [3.05, 3.63) is 4.91 Å². The molecule has 4 nitrogen and oxygen atoms in total. The van der Waals surface area contributed by atoms with Crippen LogP contribution in [0.4, 0.5) is 0 Å². The van der Waals surface area contributed by atoms with E-state index in [2.05, 4.69) is 10.5 Å². The van der Waals surface area contributed by atoms with Crippen molar-refractivity contribution in [2.24, 2.45) is 11.1 Å². The predicted octanol–water partition coefficient (Wildman–Crippen LogP) is 0.359. The largest absolute Gasteiger partial charge is 0.393 e. The summed E-state index contributed by atoms with van der Waals surface area (Å²) in [5.41, 5.74) is 0. The first-order valence-corrected chi connectivity index (χ1v) is 3.88. The van der Waals surface area contributed by atoms with Gasteiger partial charge in [-0.05, 0) is 13.5 Å². The van der Waals surface area contributed by atoms with Crippen molar-refractivity contribution >= 4 is 0 Å². The van der Waals surface area contributed by atoms with Crippen molar-refractivity contribution in [2.45, 2.75) is 19.4 Å². The van der Waals surface area contributed by atoms with Crippen LogP contribution in [-0.2, 0) is 0 Å². The SMILES string of the molecule is CC[C@H](O)[C@@H](CN=O)CNC. The minimum Gasteiger partial charge on any atom is -0.393 e. The first-order valence-electron chi connectivity index (χ1n) is 3.88. The number of nitrogens with zero attached hydrogens (tertiary/aromatic N) is 1. The van der Waals surface area contributed by atoms with E-state index in [9.17, 15) is 10.0 Å². The molecule has 0 unspecified atom stereocenters. The van der Waals surface area contributed by atoms with E-state index in [-0.39, 0.29) is 12.5 Å². The lowest BCUT2D eigenvalue weighted by atomic mass is 10.0. The van der Waals surface area contributed by atoms with Gasteiger partial charge in [-0.1, -0.05) is 12.1 Å². The van der Waals surface area contributed by atoms with Crippen molar-refractivity contribution in [1.29, 1.82) is 0 Å². The summed E-state index contributed by atoms with van der Waals surface area (Å²) in [5, 5.41) is 15.0. The van der Waals surface area contributed by atoms with Crippen LogP contribution in [0.5, 0.6) is 0 Å². The molecule has 0 aromatic rings. The molecule has 0 saturated heterocycles. The summed E-state index contributed by atoms with van der Waals surface area (Å²) < 4.78 is 0. The Labute approximate surface area is 67.0 Å². The number of rotatable bonds is 6. The summed E-state index contributed by atoms with van der Waals surface area (Å²) >= 11 is 0. The highest BCUT2D eigenvalue weighted by Crippen LogP contribution is 2.06. The summed E-state index contributed by atoms with van der Waals surface area (Å²) in [5.74, 6) is -0.0394. The van der Waals surface area contributed by atoms with E-state index in [1.807, 2.05) is 6.92 Å². The minimum atomic E-state index is -0.417. The molecule has 0 aromatic heterocycles. The van der Waals surface area contributed by atoms with Gasteiger partial charge in [-0.25, -0.2) is 0 Å². The molecule has 0 fully saturated rings. The zero-order valence-electron chi connectivity index (χ0n) is 7.08. The Hall–Kier alpha value is -0.480. The highest BCUT2D eigenvalue weighted by molar-refractivity contribution is 4.71. The fourth-order valence-electron chi connectivity index (χ4n) is 1.01. The predicted molar refractivity (Wildman–Crippen MR) is 44.4 cm³/mol. The van der Waals surface area contributed by atoms with Gasteiger partial charge in [0, 0.05) is 12.5 Å². The van der Waals surface area contributed by atoms with Gasteiger partial charge < -0.3 is 10.4 Å². The molecule has 0 aliphatic rings. The van der Waals surface area contributed by atoms with Crippen LogP contribution in [0.15, 0.2) is 5.18 Å². The number of aliphatic hydroxyl groups is 1. The molecule has 2 atom stereocenters. The number of aliphatic hydroxyl groups excluding tert-OH is 1. The fraction of sp³-hybridized carbons (Fsp3) is 1.00. The first-order chi connectivity index (χ1) is 5.26. The molecule has 0 aliphatic carbocycles. The molecule has 66 valence electrons. The van der Waals surface area contributed by atoms with E-state index in [1.54, 1.807) is 7.05 Å². The first kappa shape index (κ1) is 10.5. The Bertz CT molecular complexity index is 109. The van der Waals surface area contributed by atoms with Crippen LogP contribution in [0, 0.1) is 10.8 Å². The van der Waals surface area contributed by atoms with Gasteiger partial charge >= 0.3 is 0 Å². The summed E-state index contributed by atoms with van der Waals surface area (Å²) in [6.07, 6.45) is 0.252. The van der Waals surface area contributed by atoms with Crippen LogP contribution in [0.1, 0.15) is 13.3 Å². The molecule has 0 spiro atoms. The molecule has 11 heavy (non-hydrogen) atoms. The van der Waals surface area contributed by atoms with Crippen molar-refractivity contribution in [3.63, 3.8) is 0 Å². The Morgan fingerprint density at radius 3 is 2.64 bits per heavy atom. The lowest BCUT2D eigenvalue weighted by Gasteiger charge is -2.17. The van der Waals surface area contributed by atoms with Crippen LogP contribution in [0.3, 0.4) is 0 Å². The zero-order valence-corrected chi connectivity index (χ0v) is 7.08. The van der Waals surface area contributed by atoms with Gasteiger partial charge in [0.05, 0.1) is 12.6 Å². The highest BCUT2D eigenvalue weighted by Gasteiger charge is 2.16. The van der Waals surface area contributed by atoms with Crippen molar-refractivity contribution in [3.8, 4) is 0 Å². The van der Waals surface area contributed by atoms with E-state index in [0.717, 1.165) is 0 Å². The zero-order chi connectivity index (χ0) is 8.69. The number of hydrogen-bond donors (Lipinski definition) is 2. The third kappa shape index (κ3) is 4.06. The van der Waals surface area contributed by atoms with Gasteiger partial charge in [0.2, 0.25) is 0 Å². The molecule has 0 radical (unpaired) electrons. The second kappa shape index (κ2) is 6.24. The Balaban J connectivity index is 3.75. The minimum absolute atomic E-state index is 0.0394. The molecule has 0 aliphatic heterocycles. The van der Waals surface area contributed by atoms with Gasteiger partial charge in [0.15, 0.2) is 0 Å². The topological polar surface area (TPSA) is 61.7 Å². The monoisotopic (exact) mass is 160 g/mol. The average Bonchev–Trinajstić information content (AvgIpc) is 2.03. The average molecular weight is 160 g/mol. The highest BCUT2D eigenvalue weighted by atomic mass is 16.3. The maximum Gasteiger partial charge on any atom is 0.0876 e. The quantitative estimate of drug-likeness (QED) is 0.551. The van der Waals surface area contributed by atoms with E-state index in [4.69, 9.17) is 0 Å². The van der Waals surface area contributed by atoms with Crippen molar-refractivity contribution in [2.75, 3.05) is 20.1 Å². The maximum absolute atomic E-state index is 9.92. The normalized spacial score (nSPS) is 15.9. The third-order valence-corrected chi connectivity index (χ3v) is 1.74. The smallest absolute Gasteiger partial charge is 0.0876 e. The molecule has 0 rings (SSSR count). The van der Waals surface area contributed by atoms with E-state index < -0.39 is 6.10 Å². The molecule has 0 saturated carbocycles. The lowest BCUT2D eigenvalue weighted by molar-refractivity contribution is 0.108. The molecule has 0 bridgehead atoms. The molecular weight excluding hydrogens is 144 g/mol. The summed E-state index contributed by atoms with van der Waals surface area (Å²) in [7, 11) is 1.79. The fourth-order valence-corrected chi connectivity index (χ4v) is 1.01. The Morgan fingerprint density at radius 1 is 1.64 bits per heavy atom. The van der Waals surface area contributed by atoms with E-state index in [1.165, 1.54) is 0 Å². The third-order valence-electron chi connectivity index (χ3n) is 1.74. The second-order valence-corrected chi connectivity index (χ2v) is 2.61. The van der Waals surface area contributed by atoms with Gasteiger partial charge in [0.25, 0.3) is 0 Å². The molecule has 0 aromatic carbocycles. The van der Waals surface area contributed by atoms with Crippen LogP contribution >= 0.6 is 0 Å². The molecule has 0 heterocycles. The molecule has 0 amide bonds. The van der Waals surface area contributed by atoms with E-state index >= 15 is 0 Å². The van der Waals surface area contributed by atoms with Crippen LogP contribution in [0.2, 0.25) is 0 Å². The Kier molecular flexibility index (Phi) is 5.97. The maximum atomic E-state index is 9.92. The van der Waals surface area contributed by atoms with Gasteiger partial charge in [-0.3, -0.25) is 0 Å². The van der Waals surface area contributed by atoms with E-state index in [0.29, 0.717) is 13.0 Å². The molecular formula is C7H16N2O2. The van der Waals surface area contributed by atoms with Gasteiger partial charge in [-0.15, -0.1) is 0 Å². The van der Waals surface area contributed by atoms with Crippen LogP contribution in [0.25, 0.3) is 0 Å². The van der Waals surface area contributed by atoms with Gasteiger partial charge in [0.1, 0.15) is 0 Å². The molecule has 2 N–H and O–H groups in total. The summed E-state index contributed by atoms with van der Waals surface area (Å²) in [6, 6.07) is 0. The Morgan fingerprint density at radius 2 is 2.27 bits per heavy atom. The summed E-state index contributed by atoms with van der Waals surface area (Å²) in [6.45, 7) is 2.72. The molecule has 4 heteroatoms. The van der Waals surface area contributed by atoms with Gasteiger partial charge in [-0.2, -0.15) is 4.91 Å². The van der Waals surface area contributed by atoms with Crippen LogP contribution < -0.4 is 5.32 Å². The second-order valence-electron chi connectivity index (χ2n) is 2.61. The van der Waals surface area contributed by atoms with Crippen molar-refractivity contribution < 1.29 is 5.11 Å². The van der Waals surface area contributed by atoms with Crippen molar-refractivity contribution in [1.82, 2.24) is 5.32 Å². The number of nitroso groups, excluding NO2 is 1. The standard InChI is InChI=1S/C7H16N2O2/c1-3-7(10)6(4-8-2)5-9-11/h6-8,10H,3-5H2,1-2H3/t6-,7+/m1/s1. The summed E-state index contributed by atoms with van der Waals surface area (Å²) in [4.78, 5) is 9.92. The number of hydrogen-bond acceptors (Lipinski definition) is 4. The van der Waals surface area contributed by atoms with Crippen LogP contribution in [-0.4, -0.2) is 31.3 Å². The number of nitrogens with one attached hydrogen (secondary N) is 1.